The summed E-state index contributed by atoms with van der Waals surface area (Å²) in [7, 11) is 0. The standard InChI is InChI=1S/C18H32O4.Ca.2H/c1-2-3-4-5-6-7-8-9-10-11-12-13-16-22-18(21)15-14-17(19)20;;;/h14-15H,2-13,16H2,1H3,(H,19,20);;;. The zero-order valence-electron chi connectivity index (χ0n) is 14.0. The topological polar surface area (TPSA) is 63.6 Å². The van der Waals surface area contributed by atoms with Crippen LogP contribution in [0.1, 0.15) is 84.0 Å². The number of carbonyl (C=O) groups is 2. The second-order valence-electron chi connectivity index (χ2n) is 5.73. The van der Waals surface area contributed by atoms with Crippen LogP contribution >= 0.6 is 0 Å². The summed E-state index contributed by atoms with van der Waals surface area (Å²) in [5.41, 5.74) is 0. The Hall–Kier alpha value is -0.0603. The average Bonchev–Trinajstić information content (AvgIpc) is 2.49. The normalized spacial score (nSPS) is 10.5. The third kappa shape index (κ3) is 21.9. The third-order valence-electron chi connectivity index (χ3n) is 3.60. The van der Waals surface area contributed by atoms with E-state index in [0.717, 1.165) is 25.0 Å². The first-order valence-corrected chi connectivity index (χ1v) is 8.74. The number of hydrogen-bond acceptors (Lipinski definition) is 3. The molecule has 0 radical (unpaired) electrons. The number of esters is 1. The fourth-order valence-electron chi connectivity index (χ4n) is 2.30. The number of aliphatic carboxylic acids is 1. The molecule has 0 aliphatic carbocycles. The van der Waals surface area contributed by atoms with Crippen LogP contribution in [0.15, 0.2) is 12.2 Å². The van der Waals surface area contributed by atoms with Crippen molar-refractivity contribution in [1.82, 2.24) is 0 Å². The van der Waals surface area contributed by atoms with Crippen molar-refractivity contribution in [1.29, 1.82) is 0 Å². The maximum absolute atomic E-state index is 11.1. The van der Waals surface area contributed by atoms with E-state index in [0.29, 0.717) is 6.61 Å². The van der Waals surface area contributed by atoms with Gasteiger partial charge < -0.3 is 9.84 Å². The predicted molar refractivity (Wildman–Crippen MR) is 97.4 cm³/mol. The summed E-state index contributed by atoms with van der Waals surface area (Å²) in [4.78, 5) is 21.3. The first-order valence-electron chi connectivity index (χ1n) is 8.74. The summed E-state index contributed by atoms with van der Waals surface area (Å²) in [5.74, 6) is -1.72. The number of ether oxygens (including phenoxy) is 1. The van der Waals surface area contributed by atoms with Crippen molar-refractivity contribution in [2.24, 2.45) is 0 Å². The summed E-state index contributed by atoms with van der Waals surface area (Å²) in [6.07, 6.45) is 16.9. The Morgan fingerprint density at radius 1 is 0.783 bits per heavy atom. The van der Waals surface area contributed by atoms with Crippen molar-refractivity contribution in [3.8, 4) is 0 Å². The van der Waals surface area contributed by atoms with Gasteiger partial charge in [-0.25, -0.2) is 9.59 Å². The van der Waals surface area contributed by atoms with Crippen molar-refractivity contribution < 1.29 is 19.4 Å². The van der Waals surface area contributed by atoms with Gasteiger partial charge in [-0.2, -0.15) is 0 Å². The molecular formula is C18H34CaO4. The summed E-state index contributed by atoms with van der Waals surface area (Å²) in [5, 5.41) is 8.35. The number of carboxylic acid groups (broad SMARTS) is 1. The summed E-state index contributed by atoms with van der Waals surface area (Å²) < 4.78 is 4.90. The Balaban J connectivity index is 0. The summed E-state index contributed by atoms with van der Waals surface area (Å²) in [6, 6.07) is 0. The Morgan fingerprint density at radius 3 is 1.65 bits per heavy atom. The van der Waals surface area contributed by atoms with Crippen LogP contribution in [-0.4, -0.2) is 61.4 Å². The van der Waals surface area contributed by atoms with E-state index in [1.165, 1.54) is 64.2 Å². The van der Waals surface area contributed by atoms with E-state index in [4.69, 9.17) is 9.84 Å². The number of hydrogen-bond donors (Lipinski definition) is 1. The molecule has 0 bridgehead atoms. The molecule has 5 heteroatoms. The molecule has 132 valence electrons. The molecule has 0 fully saturated rings. The van der Waals surface area contributed by atoms with Gasteiger partial charge in [-0.05, 0) is 6.42 Å². The molecule has 0 atom stereocenters. The van der Waals surface area contributed by atoms with E-state index in [9.17, 15) is 9.59 Å². The molecule has 0 aliphatic heterocycles. The third-order valence-corrected chi connectivity index (χ3v) is 3.60. The number of carbonyl (C=O) groups excluding carboxylic acids is 1. The number of unbranched alkanes of at least 4 members (excludes halogenated alkanes) is 11. The number of rotatable bonds is 15. The Labute approximate surface area is 171 Å². The van der Waals surface area contributed by atoms with Crippen LogP contribution < -0.4 is 0 Å². The van der Waals surface area contributed by atoms with Crippen LogP contribution in [0.5, 0.6) is 0 Å². The second kappa shape index (κ2) is 20.0. The van der Waals surface area contributed by atoms with Crippen molar-refractivity contribution in [3.05, 3.63) is 12.2 Å². The van der Waals surface area contributed by atoms with Crippen LogP contribution in [0.25, 0.3) is 0 Å². The maximum atomic E-state index is 11.1. The molecule has 1 N–H and O–H groups in total. The van der Waals surface area contributed by atoms with Crippen molar-refractivity contribution in [3.63, 3.8) is 0 Å². The van der Waals surface area contributed by atoms with Crippen LogP contribution in [0.4, 0.5) is 0 Å². The van der Waals surface area contributed by atoms with Gasteiger partial charge in [-0.15, -0.1) is 0 Å². The molecule has 0 rings (SSSR count). The van der Waals surface area contributed by atoms with Crippen LogP contribution in [0.3, 0.4) is 0 Å². The minimum atomic E-state index is -1.14. The van der Waals surface area contributed by atoms with E-state index in [1.54, 1.807) is 0 Å². The Morgan fingerprint density at radius 2 is 1.22 bits per heavy atom. The molecule has 0 unspecified atom stereocenters. The SMILES string of the molecule is CCCCCCCCCCCCCCOC(=O)C=CC(=O)O.[CaH2]. The van der Waals surface area contributed by atoms with Crippen LogP contribution in [0.2, 0.25) is 0 Å². The fourth-order valence-corrected chi connectivity index (χ4v) is 2.30. The van der Waals surface area contributed by atoms with Gasteiger partial charge in [0.25, 0.3) is 0 Å². The van der Waals surface area contributed by atoms with E-state index in [-0.39, 0.29) is 37.7 Å². The van der Waals surface area contributed by atoms with Gasteiger partial charge >= 0.3 is 49.7 Å². The molecule has 0 aromatic rings. The molecule has 0 aliphatic rings. The van der Waals surface area contributed by atoms with Crippen LogP contribution in [0, 0.1) is 0 Å². The average molecular weight is 355 g/mol. The van der Waals surface area contributed by atoms with E-state index in [1.807, 2.05) is 0 Å². The van der Waals surface area contributed by atoms with E-state index >= 15 is 0 Å². The first kappa shape index (κ1) is 25.2. The molecule has 0 aromatic heterocycles. The quantitative estimate of drug-likeness (QED) is 0.209. The first-order chi connectivity index (χ1) is 10.7. The van der Waals surface area contributed by atoms with Crippen molar-refractivity contribution in [2.45, 2.75) is 84.0 Å². The molecule has 23 heavy (non-hydrogen) atoms. The monoisotopic (exact) mass is 354 g/mol. The molecule has 0 amide bonds. The molecule has 0 spiro atoms. The zero-order valence-corrected chi connectivity index (χ0v) is 14.0. The molecule has 0 heterocycles. The van der Waals surface area contributed by atoms with Crippen LogP contribution in [-0.2, 0) is 14.3 Å². The van der Waals surface area contributed by atoms with Gasteiger partial charge in [0.1, 0.15) is 0 Å². The molecule has 0 saturated carbocycles. The predicted octanol–water partition coefficient (Wildman–Crippen LogP) is 3.96. The Bertz CT molecular complexity index is 316. The van der Waals surface area contributed by atoms with E-state index in [2.05, 4.69) is 6.92 Å². The van der Waals surface area contributed by atoms with E-state index < -0.39 is 11.9 Å². The Kier molecular flexibility index (Phi) is 21.9. The zero-order chi connectivity index (χ0) is 16.5. The number of carboxylic acids is 1. The van der Waals surface area contributed by atoms with Gasteiger partial charge in [-0.3, -0.25) is 0 Å². The van der Waals surface area contributed by atoms with Gasteiger partial charge in [0, 0.05) is 12.2 Å². The van der Waals surface area contributed by atoms with Crippen molar-refractivity contribution >= 4 is 49.7 Å². The van der Waals surface area contributed by atoms with Crippen molar-refractivity contribution in [2.75, 3.05) is 6.61 Å². The van der Waals surface area contributed by atoms with Gasteiger partial charge in [0.05, 0.1) is 6.61 Å². The minimum absolute atomic E-state index is 0. The summed E-state index contributed by atoms with van der Waals surface area (Å²) >= 11 is 0. The second-order valence-corrected chi connectivity index (χ2v) is 5.73. The molecular weight excluding hydrogens is 320 g/mol. The van der Waals surface area contributed by atoms with Gasteiger partial charge in [0.15, 0.2) is 0 Å². The molecule has 0 saturated heterocycles. The van der Waals surface area contributed by atoms with Gasteiger partial charge in [0.2, 0.25) is 0 Å². The molecule has 0 aromatic carbocycles. The summed E-state index contributed by atoms with van der Waals surface area (Å²) in [6.45, 7) is 2.62. The van der Waals surface area contributed by atoms with Gasteiger partial charge in [-0.1, -0.05) is 77.6 Å². The molecule has 4 nitrogen and oxygen atoms in total. The fraction of sp³-hybridized carbons (Fsp3) is 0.778.